The van der Waals surface area contributed by atoms with Crippen molar-refractivity contribution in [2.75, 3.05) is 64.3 Å². The number of nitrogens with zero attached hydrogens (tertiary/aromatic N) is 7. The Hall–Kier alpha value is -3.42. The van der Waals surface area contributed by atoms with Gasteiger partial charge in [0.15, 0.2) is 17.0 Å². The van der Waals surface area contributed by atoms with Crippen LogP contribution in [0.4, 0.5) is 5.82 Å². The number of imidazole rings is 1. The van der Waals surface area contributed by atoms with E-state index in [0.717, 1.165) is 62.3 Å². The summed E-state index contributed by atoms with van der Waals surface area (Å²) in [5.74, 6) is 1.29. The molecule has 7 rings (SSSR count). The molecule has 3 saturated carbocycles. The number of anilines is 1. The van der Waals surface area contributed by atoms with Crippen LogP contribution in [0, 0.1) is 39.9 Å². The van der Waals surface area contributed by atoms with Crippen LogP contribution >= 0.6 is 0 Å². The molecule has 5 aliphatic rings. The molecule has 2 aliphatic heterocycles. The highest BCUT2D eigenvalue weighted by atomic mass is 16.5. The fourth-order valence-electron chi connectivity index (χ4n) is 11.2. The molecule has 0 unspecified atom stereocenters. The van der Waals surface area contributed by atoms with Crippen molar-refractivity contribution < 1.29 is 24.2 Å². The number of fused-ring (bicyclic) bond motifs is 1. The Balaban J connectivity index is 0.956. The van der Waals surface area contributed by atoms with Crippen molar-refractivity contribution in [2.45, 2.75) is 91.4 Å². The van der Waals surface area contributed by atoms with Crippen LogP contribution in [0.5, 0.6) is 0 Å². The summed E-state index contributed by atoms with van der Waals surface area (Å²) in [6.07, 6.45) is 8.95. The standard InChI is InChI=1S/C40H60N8O5/c1-7-38(4)20-30(39(5)26(2)8-12-40(27(3)35(38)52)13-9-29(49)34(39)40)53-32(51)23-45-16-18-46(19-17-45)31(50)11-15-48-25-44-33-36(42-24-43-37(33)48)47-14-10-28(22-47)21-41-6/h7,24-28,30,34-35,41,52H,1,8-23H2,2-6H3/t26-,27+,28+,30-,34+,35+,38-,39+,40+/m1/s1. The normalized spacial score (nSPS) is 36.3. The van der Waals surface area contributed by atoms with E-state index in [1.165, 1.54) is 0 Å². The predicted molar refractivity (Wildman–Crippen MR) is 202 cm³/mol. The zero-order chi connectivity index (χ0) is 37.7. The van der Waals surface area contributed by atoms with E-state index in [-0.39, 0.29) is 47.4 Å². The maximum Gasteiger partial charge on any atom is 0.320 e. The van der Waals surface area contributed by atoms with Crippen molar-refractivity contribution in [1.29, 1.82) is 0 Å². The van der Waals surface area contributed by atoms with Gasteiger partial charge in [-0.3, -0.25) is 19.3 Å². The number of amides is 1. The maximum atomic E-state index is 13.8. The summed E-state index contributed by atoms with van der Waals surface area (Å²) in [5, 5.41) is 15.1. The minimum Gasteiger partial charge on any atom is -0.461 e. The number of piperazine rings is 1. The minimum absolute atomic E-state index is 0.0627. The molecule has 0 radical (unpaired) electrons. The molecule has 13 heteroatoms. The summed E-state index contributed by atoms with van der Waals surface area (Å²) in [4.78, 5) is 60.8. The van der Waals surface area contributed by atoms with E-state index in [2.05, 4.69) is 57.4 Å². The molecule has 9 atom stereocenters. The van der Waals surface area contributed by atoms with Crippen molar-refractivity contribution in [3.05, 3.63) is 25.3 Å². The van der Waals surface area contributed by atoms with Crippen molar-refractivity contribution in [1.82, 2.24) is 34.6 Å². The van der Waals surface area contributed by atoms with E-state index in [4.69, 9.17) is 4.74 Å². The highest BCUT2D eigenvalue weighted by Crippen LogP contribution is 2.68. The van der Waals surface area contributed by atoms with Gasteiger partial charge in [-0.25, -0.2) is 15.0 Å². The summed E-state index contributed by atoms with van der Waals surface area (Å²) >= 11 is 0. The number of rotatable bonds is 10. The topological polar surface area (TPSA) is 146 Å². The average molecular weight is 733 g/mol. The zero-order valence-corrected chi connectivity index (χ0v) is 32.4. The molecule has 1 amide bonds. The van der Waals surface area contributed by atoms with Crippen molar-refractivity contribution in [3.63, 3.8) is 0 Å². The number of esters is 1. The Morgan fingerprint density at radius 2 is 1.87 bits per heavy atom. The van der Waals surface area contributed by atoms with Gasteiger partial charge >= 0.3 is 5.97 Å². The van der Waals surface area contributed by atoms with Crippen LogP contribution in [-0.2, 0) is 25.7 Å². The number of carbonyl (C=O) groups excluding carboxylic acids is 3. The van der Waals surface area contributed by atoms with Crippen LogP contribution in [0.2, 0.25) is 0 Å². The fraction of sp³-hybridized carbons (Fsp3) is 0.750. The first-order chi connectivity index (χ1) is 25.3. The van der Waals surface area contributed by atoms with Gasteiger partial charge in [0.2, 0.25) is 5.91 Å². The maximum absolute atomic E-state index is 13.8. The van der Waals surface area contributed by atoms with Gasteiger partial charge in [0.05, 0.1) is 19.0 Å². The molecule has 2 saturated heterocycles. The van der Waals surface area contributed by atoms with Gasteiger partial charge in [-0.1, -0.05) is 33.8 Å². The number of hydrogen-bond donors (Lipinski definition) is 2. The van der Waals surface area contributed by atoms with Crippen LogP contribution in [0.25, 0.3) is 11.2 Å². The molecule has 2 N–H and O–H groups in total. The van der Waals surface area contributed by atoms with Crippen LogP contribution < -0.4 is 10.2 Å². The van der Waals surface area contributed by atoms with Crippen LogP contribution in [-0.4, -0.2) is 124 Å². The Labute approximate surface area is 313 Å². The van der Waals surface area contributed by atoms with E-state index in [1.54, 1.807) is 12.7 Å². The number of ether oxygens (including phenoxy) is 1. The monoisotopic (exact) mass is 732 g/mol. The Bertz CT molecular complexity index is 1710. The third kappa shape index (κ3) is 6.58. The van der Waals surface area contributed by atoms with Crippen LogP contribution in [0.15, 0.2) is 25.3 Å². The highest BCUT2D eigenvalue weighted by Gasteiger charge is 2.68. The largest absolute Gasteiger partial charge is 0.461 e. The van der Waals surface area contributed by atoms with Gasteiger partial charge in [0.25, 0.3) is 0 Å². The molecule has 0 aromatic carbocycles. The van der Waals surface area contributed by atoms with Gasteiger partial charge in [-0.15, -0.1) is 6.58 Å². The molecule has 3 aliphatic carbocycles. The van der Waals surface area contributed by atoms with E-state index >= 15 is 0 Å². The van der Waals surface area contributed by atoms with Gasteiger partial charge in [0.1, 0.15) is 18.2 Å². The van der Waals surface area contributed by atoms with E-state index in [0.29, 0.717) is 57.9 Å². The Kier molecular flexibility index (Phi) is 10.5. The Morgan fingerprint density at radius 1 is 1.09 bits per heavy atom. The lowest BCUT2D eigenvalue weighted by atomic mass is 9.44. The third-order valence-corrected chi connectivity index (χ3v) is 14.7. The molecule has 0 spiro atoms. The lowest BCUT2D eigenvalue weighted by Gasteiger charge is -2.61. The second-order valence-corrected chi connectivity index (χ2v) is 17.4. The number of aliphatic hydroxyl groups excluding tert-OH is 1. The van der Waals surface area contributed by atoms with Crippen molar-refractivity contribution >= 4 is 34.6 Å². The van der Waals surface area contributed by atoms with Crippen molar-refractivity contribution in [2.24, 2.45) is 39.9 Å². The molecule has 13 nitrogen and oxygen atoms in total. The first-order valence-electron chi connectivity index (χ1n) is 19.9. The number of aliphatic hydroxyl groups is 1. The molecule has 2 bridgehead atoms. The van der Waals surface area contributed by atoms with Crippen LogP contribution in [0.1, 0.15) is 72.6 Å². The lowest BCUT2D eigenvalue weighted by molar-refractivity contribution is -0.207. The van der Waals surface area contributed by atoms with Crippen LogP contribution in [0.3, 0.4) is 0 Å². The quantitative estimate of drug-likeness (QED) is 0.274. The number of aromatic nitrogens is 4. The summed E-state index contributed by atoms with van der Waals surface area (Å²) in [5.41, 5.74) is 0.000233. The third-order valence-electron chi connectivity index (χ3n) is 14.7. The van der Waals surface area contributed by atoms with E-state index in [1.807, 2.05) is 29.5 Å². The van der Waals surface area contributed by atoms with Gasteiger partial charge in [-0.05, 0) is 68.9 Å². The molecule has 4 heterocycles. The number of Topliss-reactive ketones (excluding diaryl/α,β-unsaturated/α-hetero) is 1. The second kappa shape index (κ2) is 14.7. The highest BCUT2D eigenvalue weighted by molar-refractivity contribution is 5.86. The van der Waals surface area contributed by atoms with Gasteiger partial charge in [0, 0.05) is 75.4 Å². The first-order valence-corrected chi connectivity index (χ1v) is 19.9. The summed E-state index contributed by atoms with van der Waals surface area (Å²) in [6, 6.07) is 0. The molecular formula is C40H60N8O5. The minimum atomic E-state index is -0.692. The van der Waals surface area contributed by atoms with Gasteiger partial charge in [-0.2, -0.15) is 0 Å². The molecule has 53 heavy (non-hydrogen) atoms. The summed E-state index contributed by atoms with van der Waals surface area (Å²) in [6.45, 7) is 18.3. The molecule has 2 aromatic heterocycles. The first kappa shape index (κ1) is 37.9. The summed E-state index contributed by atoms with van der Waals surface area (Å²) in [7, 11) is 1.98. The molecule has 2 aromatic rings. The van der Waals surface area contributed by atoms with Crippen molar-refractivity contribution in [3.8, 4) is 0 Å². The van der Waals surface area contributed by atoms with E-state index in [9.17, 15) is 19.5 Å². The number of aryl methyl sites for hydroxylation is 1. The number of nitrogens with one attached hydrogen (secondary N) is 1. The number of hydrogen-bond acceptors (Lipinski definition) is 11. The number of carbonyl (C=O) groups is 3. The number of ketones is 1. The zero-order valence-electron chi connectivity index (χ0n) is 32.4. The second-order valence-electron chi connectivity index (χ2n) is 17.4. The Morgan fingerprint density at radius 3 is 2.60 bits per heavy atom. The average Bonchev–Trinajstić information content (AvgIpc) is 3.89. The SMILES string of the molecule is C=C[C@]1(C)C[C@@H](OC(=O)CN2CCN(C(=O)CCn3cnc4c(N5CC[C@@H](CNC)C5)ncnc43)CC2)[C@]2(C)[C@H](C)CC[C@]3(CCC(=O)[C@H]32)[C@@H](C)[C@@H]1O. The smallest absolute Gasteiger partial charge is 0.320 e. The van der Waals surface area contributed by atoms with Gasteiger partial charge < -0.3 is 29.5 Å². The van der Waals surface area contributed by atoms with E-state index < -0.39 is 23.0 Å². The lowest BCUT2D eigenvalue weighted by Crippen LogP contribution is -2.63. The summed E-state index contributed by atoms with van der Waals surface area (Å²) < 4.78 is 8.41. The fourth-order valence-corrected chi connectivity index (χ4v) is 11.2. The molecule has 290 valence electrons. The predicted octanol–water partition coefficient (Wildman–Crippen LogP) is 3.31. The molecular weight excluding hydrogens is 672 g/mol. The molecule has 5 fully saturated rings.